The van der Waals surface area contributed by atoms with Gasteiger partial charge in [0.05, 0.1) is 0 Å². The summed E-state index contributed by atoms with van der Waals surface area (Å²) in [6.45, 7) is 8.88. The second-order valence-electron chi connectivity index (χ2n) is 12.8. The van der Waals surface area contributed by atoms with Crippen LogP contribution in [0, 0.1) is 17.8 Å². The first-order valence-electron chi connectivity index (χ1n) is 16.0. The van der Waals surface area contributed by atoms with Crippen LogP contribution in [0.5, 0.6) is 0 Å². The maximum Gasteiger partial charge on any atom is 0.302 e. The molecule has 0 radical (unpaired) electrons. The maximum atomic E-state index is 13.6. The average Bonchev–Trinajstić information content (AvgIpc) is 3.32. The van der Waals surface area contributed by atoms with Crippen molar-refractivity contribution in [3.8, 4) is 0 Å². The summed E-state index contributed by atoms with van der Waals surface area (Å²) in [5.41, 5.74) is 1.15. The van der Waals surface area contributed by atoms with Crippen LogP contribution < -0.4 is 16.0 Å². The number of hydrogen-bond acceptors (Lipinski definition) is 9. The molecule has 264 valence electrons. The van der Waals surface area contributed by atoms with E-state index in [0.717, 1.165) is 17.1 Å². The Bertz CT molecular complexity index is 1370. The first-order valence-corrected chi connectivity index (χ1v) is 17.8. The summed E-state index contributed by atoms with van der Waals surface area (Å²) in [5.74, 6) is -3.89. The standard InChI is InChI=1S/C34H48N4O9S/c1-21(2)17-25(19-27(40)13-15-38-30(41)11-12-31(38)42)32(43)37-29(18-22(3)4)34(45)36-28(14-16-48(6)46)33(44)35-26-9-7-24(8-10-26)20-47-23(5)39/h7-12,21-22,25,28-29H,13-20H2,1-6H3,(H,35,44)(H,36,45)(H,37,43)/t25-,28-,29-,48?/m0/s1. The number of anilines is 1. The van der Waals surface area contributed by atoms with E-state index in [9.17, 15) is 37.8 Å². The van der Waals surface area contributed by atoms with Crippen molar-refractivity contribution in [2.75, 3.05) is 23.9 Å². The molecule has 0 fully saturated rings. The summed E-state index contributed by atoms with van der Waals surface area (Å²) in [5, 5.41) is 8.27. The Labute approximate surface area is 284 Å². The zero-order valence-corrected chi connectivity index (χ0v) is 29.4. The SMILES string of the molecule is CC(=O)OCc1ccc(NC(=O)[C@H](CCS(C)=O)NC(=O)[C@H](CC(C)C)NC(=O)[C@H](CC(=O)CCN2C(=O)C=CC2=O)CC(C)C)cc1. The Hall–Kier alpha value is -4.20. The predicted molar refractivity (Wildman–Crippen MR) is 180 cm³/mol. The predicted octanol–water partition coefficient (Wildman–Crippen LogP) is 2.41. The minimum atomic E-state index is -1.25. The second-order valence-corrected chi connectivity index (χ2v) is 14.3. The number of hydrogen-bond donors (Lipinski definition) is 3. The van der Waals surface area contributed by atoms with Gasteiger partial charge in [-0.25, -0.2) is 0 Å². The van der Waals surface area contributed by atoms with Crippen LogP contribution in [0.2, 0.25) is 0 Å². The molecule has 1 heterocycles. The number of rotatable bonds is 20. The summed E-state index contributed by atoms with van der Waals surface area (Å²) in [7, 11) is -1.25. The van der Waals surface area contributed by atoms with E-state index in [1.807, 2.05) is 27.7 Å². The van der Waals surface area contributed by atoms with Crippen LogP contribution in [0.3, 0.4) is 0 Å². The topological polar surface area (TPSA) is 185 Å². The molecule has 0 saturated carbocycles. The van der Waals surface area contributed by atoms with Gasteiger partial charge in [-0.15, -0.1) is 0 Å². The number of carbonyl (C=O) groups excluding carboxylic acids is 7. The largest absolute Gasteiger partial charge is 0.461 e. The van der Waals surface area contributed by atoms with Crippen molar-refractivity contribution in [3.63, 3.8) is 0 Å². The van der Waals surface area contributed by atoms with E-state index in [4.69, 9.17) is 4.74 Å². The number of carbonyl (C=O) groups is 7. The van der Waals surface area contributed by atoms with E-state index in [0.29, 0.717) is 17.7 Å². The van der Waals surface area contributed by atoms with Gasteiger partial charge in [-0.2, -0.15) is 0 Å². The third-order valence-electron chi connectivity index (χ3n) is 7.45. The number of ketones is 1. The Kier molecular flexibility index (Phi) is 16.3. The third-order valence-corrected chi connectivity index (χ3v) is 8.26. The molecule has 0 aromatic heterocycles. The fourth-order valence-corrected chi connectivity index (χ4v) is 5.60. The Morgan fingerprint density at radius 1 is 0.833 bits per heavy atom. The van der Waals surface area contributed by atoms with E-state index < -0.39 is 64.3 Å². The molecule has 0 aliphatic carbocycles. The first kappa shape index (κ1) is 40.0. The van der Waals surface area contributed by atoms with Crippen molar-refractivity contribution in [2.45, 2.75) is 85.4 Å². The number of Topliss-reactive ketones (excluding diaryl/α,β-unsaturated/α-hetero) is 1. The highest BCUT2D eigenvalue weighted by molar-refractivity contribution is 7.84. The lowest BCUT2D eigenvalue weighted by Crippen LogP contribution is -2.54. The van der Waals surface area contributed by atoms with Gasteiger partial charge in [0, 0.05) is 72.9 Å². The number of amides is 5. The number of ether oxygens (including phenoxy) is 1. The van der Waals surface area contributed by atoms with Crippen molar-refractivity contribution in [1.29, 1.82) is 0 Å². The molecule has 1 aliphatic heterocycles. The maximum absolute atomic E-state index is 13.6. The minimum Gasteiger partial charge on any atom is -0.461 e. The Balaban J connectivity index is 2.14. The monoisotopic (exact) mass is 688 g/mol. The normalized spacial score (nSPS) is 15.2. The van der Waals surface area contributed by atoms with E-state index in [2.05, 4.69) is 16.0 Å². The van der Waals surface area contributed by atoms with E-state index in [1.165, 1.54) is 13.2 Å². The number of benzene rings is 1. The van der Waals surface area contributed by atoms with Crippen LogP contribution in [-0.2, 0) is 55.7 Å². The quantitative estimate of drug-likeness (QED) is 0.137. The lowest BCUT2D eigenvalue weighted by molar-refractivity contribution is -0.142. The van der Waals surface area contributed by atoms with Crippen LogP contribution in [0.15, 0.2) is 36.4 Å². The van der Waals surface area contributed by atoms with E-state index in [1.54, 1.807) is 24.3 Å². The van der Waals surface area contributed by atoms with Crippen molar-refractivity contribution < 1.29 is 42.5 Å². The summed E-state index contributed by atoms with van der Waals surface area (Å²) in [4.78, 5) is 89.0. The molecule has 3 N–H and O–H groups in total. The number of nitrogens with zero attached hydrogens (tertiary/aromatic N) is 1. The van der Waals surface area contributed by atoms with Gasteiger partial charge < -0.3 is 20.7 Å². The van der Waals surface area contributed by atoms with Crippen molar-refractivity contribution in [1.82, 2.24) is 15.5 Å². The van der Waals surface area contributed by atoms with Gasteiger partial charge in [0.2, 0.25) is 17.7 Å². The fraction of sp³-hybridized carbons (Fsp3) is 0.559. The van der Waals surface area contributed by atoms with Crippen molar-refractivity contribution in [2.24, 2.45) is 17.8 Å². The molecule has 4 atom stereocenters. The molecule has 1 aromatic carbocycles. The lowest BCUT2D eigenvalue weighted by atomic mass is 9.90. The zero-order chi connectivity index (χ0) is 36.0. The van der Waals surface area contributed by atoms with Crippen LogP contribution >= 0.6 is 0 Å². The zero-order valence-electron chi connectivity index (χ0n) is 28.5. The van der Waals surface area contributed by atoms with Gasteiger partial charge >= 0.3 is 5.97 Å². The molecule has 0 bridgehead atoms. The van der Waals surface area contributed by atoms with Crippen molar-refractivity contribution in [3.05, 3.63) is 42.0 Å². The molecule has 5 amide bonds. The van der Waals surface area contributed by atoms with Crippen LogP contribution in [0.1, 0.15) is 72.3 Å². The summed E-state index contributed by atoms with van der Waals surface area (Å²) in [6, 6.07) is 4.54. The molecule has 0 saturated heterocycles. The van der Waals surface area contributed by atoms with Crippen LogP contribution in [0.25, 0.3) is 0 Å². The molecule has 0 spiro atoms. The molecule has 2 rings (SSSR count). The number of esters is 1. The van der Waals surface area contributed by atoms with Gasteiger partial charge in [0.1, 0.15) is 24.5 Å². The highest BCUT2D eigenvalue weighted by atomic mass is 32.2. The molecular formula is C34H48N4O9S. The second kappa shape index (κ2) is 19.6. The summed E-state index contributed by atoms with van der Waals surface area (Å²) >= 11 is 0. The van der Waals surface area contributed by atoms with Gasteiger partial charge in [-0.1, -0.05) is 39.8 Å². The molecule has 1 unspecified atom stereocenters. The van der Waals surface area contributed by atoms with Gasteiger partial charge in [-0.05, 0) is 48.8 Å². The molecular weight excluding hydrogens is 640 g/mol. The number of imide groups is 1. The van der Waals surface area contributed by atoms with Crippen molar-refractivity contribution >= 4 is 57.8 Å². The molecule has 1 aromatic rings. The van der Waals surface area contributed by atoms with Crippen LogP contribution in [-0.4, -0.2) is 81.0 Å². The molecule has 14 heteroatoms. The number of nitrogens with one attached hydrogen (secondary N) is 3. The van der Waals surface area contributed by atoms with Crippen LogP contribution in [0.4, 0.5) is 5.69 Å². The first-order chi connectivity index (χ1) is 22.5. The highest BCUT2D eigenvalue weighted by Gasteiger charge is 2.31. The smallest absolute Gasteiger partial charge is 0.302 e. The Morgan fingerprint density at radius 2 is 1.42 bits per heavy atom. The van der Waals surface area contributed by atoms with E-state index in [-0.39, 0.29) is 62.2 Å². The highest BCUT2D eigenvalue weighted by Crippen LogP contribution is 2.19. The summed E-state index contributed by atoms with van der Waals surface area (Å²) < 4.78 is 16.9. The fourth-order valence-electron chi connectivity index (χ4n) is 5.03. The Morgan fingerprint density at radius 3 is 1.96 bits per heavy atom. The van der Waals surface area contributed by atoms with Gasteiger partial charge in [0.15, 0.2) is 0 Å². The van der Waals surface area contributed by atoms with E-state index >= 15 is 0 Å². The molecule has 1 aliphatic rings. The lowest BCUT2D eigenvalue weighted by Gasteiger charge is -2.26. The average molecular weight is 689 g/mol. The molecule has 13 nitrogen and oxygen atoms in total. The third kappa shape index (κ3) is 14.3. The minimum absolute atomic E-state index is 0.0173. The molecule has 48 heavy (non-hydrogen) atoms. The summed E-state index contributed by atoms with van der Waals surface area (Å²) in [6.07, 6.45) is 4.25. The van der Waals surface area contributed by atoms with Gasteiger partial charge in [0.25, 0.3) is 11.8 Å². The van der Waals surface area contributed by atoms with Gasteiger partial charge in [-0.3, -0.25) is 42.7 Å².